The Labute approximate surface area is 138 Å². The fraction of sp³-hybridized carbons (Fsp3) is 0.474. The predicted molar refractivity (Wildman–Crippen MR) is 94.3 cm³/mol. The monoisotopic (exact) mass is 308 g/mol. The number of aryl methyl sites for hydroxylation is 1. The molecule has 4 nitrogen and oxygen atoms in total. The number of nitrogens with one attached hydrogen (secondary N) is 1. The largest absolute Gasteiger partial charge is 0.367 e. The van der Waals surface area contributed by atoms with Crippen molar-refractivity contribution in [2.45, 2.75) is 51.0 Å². The molecule has 1 N–H and O–H groups in total. The number of hydrogen-bond acceptors (Lipinski definition) is 4. The summed E-state index contributed by atoms with van der Waals surface area (Å²) in [5.74, 6) is 1.78. The van der Waals surface area contributed by atoms with Gasteiger partial charge < -0.3 is 10.2 Å². The number of nitrogens with zero attached hydrogens (tertiary/aromatic N) is 3. The lowest BCUT2D eigenvalue weighted by Crippen LogP contribution is -2.27. The summed E-state index contributed by atoms with van der Waals surface area (Å²) in [6.07, 6.45) is 10.7. The molecule has 1 aliphatic carbocycles. The number of fused-ring (bicyclic) bond motifs is 1. The van der Waals surface area contributed by atoms with Crippen molar-refractivity contribution in [3.05, 3.63) is 42.1 Å². The van der Waals surface area contributed by atoms with Crippen LogP contribution in [0.3, 0.4) is 0 Å². The second kappa shape index (κ2) is 6.57. The highest BCUT2D eigenvalue weighted by atomic mass is 15.3. The van der Waals surface area contributed by atoms with E-state index in [4.69, 9.17) is 4.98 Å². The lowest BCUT2D eigenvalue weighted by molar-refractivity contribution is 0.462. The zero-order valence-electron chi connectivity index (χ0n) is 13.5. The predicted octanol–water partition coefficient (Wildman–Crippen LogP) is 4.31. The molecule has 120 valence electrons. The summed E-state index contributed by atoms with van der Waals surface area (Å²) < 4.78 is 0. The second-order valence-corrected chi connectivity index (χ2v) is 6.61. The molecule has 1 aromatic carbocycles. The first-order valence-electron chi connectivity index (χ1n) is 8.85. The minimum atomic E-state index is 0.570. The van der Waals surface area contributed by atoms with Crippen LogP contribution in [0.25, 0.3) is 0 Å². The summed E-state index contributed by atoms with van der Waals surface area (Å²) in [6.45, 7) is 0.990. The molecule has 4 rings (SSSR count). The standard InChI is InChI=1S/C19H24N4/c1-2-9-16(10-3-1)21-18-12-13-20-19(22-18)23-14-6-8-15-7-4-5-11-17(15)23/h4-5,7,11-13,16H,1-3,6,8-10,14H2,(H,20,21,22). The average Bonchev–Trinajstić information content (AvgIpc) is 2.62. The summed E-state index contributed by atoms with van der Waals surface area (Å²) >= 11 is 0. The van der Waals surface area contributed by atoms with E-state index in [-0.39, 0.29) is 0 Å². The van der Waals surface area contributed by atoms with Crippen LogP contribution in [0.5, 0.6) is 0 Å². The molecule has 4 heteroatoms. The fourth-order valence-electron chi connectivity index (χ4n) is 3.76. The smallest absolute Gasteiger partial charge is 0.231 e. The summed E-state index contributed by atoms with van der Waals surface area (Å²) in [7, 11) is 0. The molecule has 23 heavy (non-hydrogen) atoms. The van der Waals surface area contributed by atoms with Gasteiger partial charge in [-0.3, -0.25) is 0 Å². The quantitative estimate of drug-likeness (QED) is 0.917. The van der Waals surface area contributed by atoms with E-state index in [9.17, 15) is 0 Å². The Morgan fingerprint density at radius 1 is 1.00 bits per heavy atom. The van der Waals surface area contributed by atoms with E-state index in [1.165, 1.54) is 43.4 Å². The Kier molecular flexibility index (Phi) is 4.14. The van der Waals surface area contributed by atoms with Crippen molar-refractivity contribution in [1.82, 2.24) is 9.97 Å². The van der Waals surface area contributed by atoms with Crippen molar-refractivity contribution in [1.29, 1.82) is 0 Å². The molecule has 1 fully saturated rings. The molecule has 2 heterocycles. The molecular formula is C19H24N4. The molecule has 0 bridgehead atoms. The number of anilines is 3. The molecule has 0 unspecified atom stereocenters. The third-order valence-electron chi connectivity index (χ3n) is 4.95. The van der Waals surface area contributed by atoms with Gasteiger partial charge in [0.25, 0.3) is 0 Å². The van der Waals surface area contributed by atoms with Gasteiger partial charge in [-0.15, -0.1) is 0 Å². The van der Waals surface area contributed by atoms with Gasteiger partial charge in [0.15, 0.2) is 0 Å². The van der Waals surface area contributed by atoms with E-state index in [1.807, 2.05) is 12.3 Å². The van der Waals surface area contributed by atoms with Gasteiger partial charge in [-0.25, -0.2) is 4.98 Å². The maximum absolute atomic E-state index is 4.79. The first-order valence-corrected chi connectivity index (χ1v) is 8.85. The van der Waals surface area contributed by atoms with E-state index in [2.05, 4.69) is 39.5 Å². The molecule has 0 saturated heterocycles. The van der Waals surface area contributed by atoms with Crippen molar-refractivity contribution < 1.29 is 0 Å². The van der Waals surface area contributed by atoms with Gasteiger partial charge in [-0.1, -0.05) is 37.5 Å². The van der Waals surface area contributed by atoms with E-state index in [0.29, 0.717) is 6.04 Å². The Balaban J connectivity index is 1.57. The molecule has 2 aromatic rings. The van der Waals surface area contributed by atoms with Crippen LogP contribution in [-0.4, -0.2) is 22.6 Å². The maximum Gasteiger partial charge on any atom is 0.231 e. The highest BCUT2D eigenvalue weighted by molar-refractivity contribution is 5.64. The van der Waals surface area contributed by atoms with Gasteiger partial charge in [0, 0.05) is 24.5 Å². The van der Waals surface area contributed by atoms with E-state index < -0.39 is 0 Å². The number of rotatable bonds is 3. The molecular weight excluding hydrogens is 284 g/mol. The van der Waals surface area contributed by atoms with Crippen LogP contribution in [0.15, 0.2) is 36.5 Å². The minimum absolute atomic E-state index is 0.570. The zero-order valence-corrected chi connectivity index (χ0v) is 13.5. The van der Waals surface area contributed by atoms with Crippen LogP contribution >= 0.6 is 0 Å². The molecule has 0 atom stereocenters. The van der Waals surface area contributed by atoms with Crippen LogP contribution in [-0.2, 0) is 6.42 Å². The molecule has 1 aliphatic heterocycles. The Morgan fingerprint density at radius 3 is 2.78 bits per heavy atom. The number of para-hydroxylation sites is 1. The van der Waals surface area contributed by atoms with Crippen molar-refractivity contribution in [2.24, 2.45) is 0 Å². The van der Waals surface area contributed by atoms with Gasteiger partial charge >= 0.3 is 0 Å². The SMILES string of the molecule is c1ccc2c(c1)CCCN2c1nccc(NC2CCCCC2)n1. The van der Waals surface area contributed by atoms with Crippen molar-refractivity contribution in [3.63, 3.8) is 0 Å². The second-order valence-electron chi connectivity index (χ2n) is 6.61. The first-order chi connectivity index (χ1) is 11.4. The average molecular weight is 308 g/mol. The molecule has 2 aliphatic rings. The number of hydrogen-bond donors (Lipinski definition) is 1. The first kappa shape index (κ1) is 14.5. The normalized spacial score (nSPS) is 18.5. The Bertz CT molecular complexity index is 664. The number of benzene rings is 1. The van der Waals surface area contributed by atoms with Crippen molar-refractivity contribution in [3.8, 4) is 0 Å². The minimum Gasteiger partial charge on any atom is -0.367 e. The summed E-state index contributed by atoms with van der Waals surface area (Å²) in [6, 6.07) is 11.2. The van der Waals surface area contributed by atoms with Gasteiger partial charge in [0.05, 0.1) is 0 Å². The molecule has 1 aromatic heterocycles. The van der Waals surface area contributed by atoms with Crippen molar-refractivity contribution >= 4 is 17.5 Å². The number of aromatic nitrogens is 2. The summed E-state index contributed by atoms with van der Waals surface area (Å²) in [5, 5.41) is 3.61. The van der Waals surface area contributed by atoms with Crippen LogP contribution in [0.2, 0.25) is 0 Å². The van der Waals surface area contributed by atoms with Gasteiger partial charge in [-0.2, -0.15) is 4.98 Å². The van der Waals surface area contributed by atoms with E-state index >= 15 is 0 Å². The topological polar surface area (TPSA) is 41.1 Å². The van der Waals surface area contributed by atoms with Gasteiger partial charge in [0.1, 0.15) is 5.82 Å². The van der Waals surface area contributed by atoms with Crippen LogP contribution in [0, 0.1) is 0 Å². The Morgan fingerprint density at radius 2 is 1.87 bits per heavy atom. The Hall–Kier alpha value is -2.10. The van der Waals surface area contributed by atoms with Crippen LogP contribution in [0.4, 0.5) is 17.5 Å². The molecule has 0 radical (unpaired) electrons. The molecule has 0 spiro atoms. The third kappa shape index (κ3) is 3.16. The summed E-state index contributed by atoms with van der Waals surface area (Å²) in [5.41, 5.74) is 2.65. The fourth-order valence-corrected chi connectivity index (χ4v) is 3.76. The zero-order chi connectivity index (χ0) is 15.5. The van der Waals surface area contributed by atoms with Gasteiger partial charge in [-0.05, 0) is 43.4 Å². The van der Waals surface area contributed by atoms with Crippen molar-refractivity contribution in [2.75, 3.05) is 16.8 Å². The third-order valence-corrected chi connectivity index (χ3v) is 4.95. The molecule has 1 saturated carbocycles. The highest BCUT2D eigenvalue weighted by Crippen LogP contribution is 2.31. The van der Waals surface area contributed by atoms with E-state index in [1.54, 1.807) is 0 Å². The lowest BCUT2D eigenvalue weighted by Gasteiger charge is -2.30. The van der Waals surface area contributed by atoms with Crippen LogP contribution < -0.4 is 10.2 Å². The van der Waals surface area contributed by atoms with Gasteiger partial charge in [0.2, 0.25) is 5.95 Å². The highest BCUT2D eigenvalue weighted by Gasteiger charge is 2.20. The molecule has 0 amide bonds. The van der Waals surface area contributed by atoms with E-state index in [0.717, 1.165) is 31.2 Å². The summed E-state index contributed by atoms with van der Waals surface area (Å²) in [4.78, 5) is 11.6. The lowest BCUT2D eigenvalue weighted by atomic mass is 9.95. The maximum atomic E-state index is 4.79. The van der Waals surface area contributed by atoms with Crippen LogP contribution in [0.1, 0.15) is 44.1 Å².